The van der Waals surface area contributed by atoms with Crippen LogP contribution in [0.4, 0.5) is 0 Å². The van der Waals surface area contributed by atoms with Gasteiger partial charge >= 0.3 is 11.8 Å². The second-order valence-electron chi connectivity index (χ2n) is 5.69. The summed E-state index contributed by atoms with van der Waals surface area (Å²) in [7, 11) is 0. The predicted molar refractivity (Wildman–Crippen MR) is 91.1 cm³/mol. The van der Waals surface area contributed by atoms with Gasteiger partial charge < -0.3 is 15.7 Å². The van der Waals surface area contributed by atoms with Crippen LogP contribution in [0.2, 0.25) is 0 Å². The largest absolute Gasteiger partial charge is 0.388 e. The van der Waals surface area contributed by atoms with Crippen molar-refractivity contribution in [1.82, 2.24) is 10.6 Å². The van der Waals surface area contributed by atoms with E-state index in [1.807, 2.05) is 17.5 Å². The second-order valence-corrected chi connectivity index (χ2v) is 6.67. The summed E-state index contributed by atoms with van der Waals surface area (Å²) in [5.74, 6) is -1.24. The van der Waals surface area contributed by atoms with E-state index < -0.39 is 17.9 Å². The molecule has 6 heteroatoms. The molecule has 1 aliphatic carbocycles. The van der Waals surface area contributed by atoms with Crippen molar-refractivity contribution in [2.45, 2.75) is 44.6 Å². The second kappa shape index (κ2) is 9.47. The van der Waals surface area contributed by atoms with E-state index in [1.54, 1.807) is 0 Å². The zero-order chi connectivity index (χ0) is 16.5. The van der Waals surface area contributed by atoms with Crippen molar-refractivity contribution in [1.29, 1.82) is 0 Å². The first kappa shape index (κ1) is 17.7. The zero-order valence-corrected chi connectivity index (χ0v) is 14.0. The summed E-state index contributed by atoms with van der Waals surface area (Å²) in [4.78, 5) is 24.2. The van der Waals surface area contributed by atoms with Gasteiger partial charge in [0.25, 0.3) is 0 Å². The van der Waals surface area contributed by atoms with Crippen LogP contribution in [-0.2, 0) is 9.59 Å². The first-order valence-electron chi connectivity index (χ1n) is 8.12. The summed E-state index contributed by atoms with van der Waals surface area (Å²) in [5.41, 5.74) is 1.37. The molecule has 1 aliphatic rings. The molecule has 23 heavy (non-hydrogen) atoms. The molecule has 0 radical (unpaired) electrons. The number of amides is 2. The Bertz CT molecular complexity index is 540. The van der Waals surface area contributed by atoms with Crippen molar-refractivity contribution in [3.8, 4) is 0 Å². The minimum absolute atomic E-state index is 0.274. The number of allylic oxidation sites excluding steroid dienone is 1. The molecule has 5 nitrogen and oxygen atoms in total. The zero-order valence-electron chi connectivity index (χ0n) is 13.2. The topological polar surface area (TPSA) is 78.4 Å². The Morgan fingerprint density at radius 2 is 2.00 bits per heavy atom. The van der Waals surface area contributed by atoms with E-state index in [4.69, 9.17) is 0 Å². The van der Waals surface area contributed by atoms with Crippen molar-refractivity contribution >= 4 is 23.2 Å². The average Bonchev–Trinajstić information content (AvgIpc) is 3.10. The third-order valence-corrected chi connectivity index (χ3v) is 4.87. The molecule has 0 aromatic carbocycles. The minimum atomic E-state index is -0.638. The summed E-state index contributed by atoms with van der Waals surface area (Å²) >= 11 is 1.47. The van der Waals surface area contributed by atoms with E-state index in [2.05, 4.69) is 16.7 Å². The molecular weight excluding hydrogens is 312 g/mol. The van der Waals surface area contributed by atoms with E-state index in [1.165, 1.54) is 29.8 Å². The third kappa shape index (κ3) is 6.15. The standard InChI is InChI=1S/C17H24N2O3S/c20-14(15-7-4-12-23-15)9-11-19-17(22)16(21)18-10-8-13-5-2-1-3-6-13/h4-5,7,12,14,20H,1-3,6,8-11H2,(H,18,21)(H,19,22). The molecule has 0 fully saturated rings. The van der Waals surface area contributed by atoms with Crippen LogP contribution in [-0.4, -0.2) is 30.0 Å². The fourth-order valence-corrected chi connectivity index (χ4v) is 3.32. The van der Waals surface area contributed by atoms with Gasteiger partial charge in [-0.1, -0.05) is 17.7 Å². The Hall–Kier alpha value is -1.66. The van der Waals surface area contributed by atoms with Crippen LogP contribution in [0.25, 0.3) is 0 Å². The maximum atomic E-state index is 11.7. The molecular formula is C17H24N2O3S. The number of aliphatic hydroxyl groups excluding tert-OH is 1. The van der Waals surface area contributed by atoms with Crippen LogP contribution in [0, 0.1) is 0 Å². The van der Waals surface area contributed by atoms with Gasteiger partial charge in [-0.15, -0.1) is 11.3 Å². The van der Waals surface area contributed by atoms with Gasteiger partial charge in [0.15, 0.2) is 0 Å². The van der Waals surface area contributed by atoms with Crippen LogP contribution >= 0.6 is 11.3 Å². The maximum absolute atomic E-state index is 11.7. The molecule has 1 atom stereocenters. The number of carbonyl (C=O) groups is 2. The number of thiophene rings is 1. The van der Waals surface area contributed by atoms with Gasteiger partial charge in [0, 0.05) is 18.0 Å². The number of hydrogen-bond donors (Lipinski definition) is 3. The predicted octanol–water partition coefficient (Wildman–Crippen LogP) is 2.29. The van der Waals surface area contributed by atoms with Gasteiger partial charge in [-0.3, -0.25) is 9.59 Å². The molecule has 0 aliphatic heterocycles. The average molecular weight is 336 g/mol. The SMILES string of the molecule is O=C(NCCC1=CCCCC1)C(=O)NCCC(O)c1cccs1. The Morgan fingerprint density at radius 1 is 1.22 bits per heavy atom. The van der Waals surface area contributed by atoms with Crippen molar-refractivity contribution in [3.05, 3.63) is 34.0 Å². The molecule has 0 saturated heterocycles. The highest BCUT2D eigenvalue weighted by molar-refractivity contribution is 7.10. The molecule has 126 valence electrons. The third-order valence-electron chi connectivity index (χ3n) is 3.90. The molecule has 1 aromatic heterocycles. The van der Waals surface area contributed by atoms with Gasteiger partial charge in [-0.2, -0.15) is 0 Å². The first-order valence-corrected chi connectivity index (χ1v) is 9.00. The van der Waals surface area contributed by atoms with Crippen molar-refractivity contribution in [3.63, 3.8) is 0 Å². The number of hydrogen-bond acceptors (Lipinski definition) is 4. The number of rotatable bonds is 7. The first-order chi connectivity index (χ1) is 11.2. The lowest BCUT2D eigenvalue weighted by molar-refractivity contribution is -0.139. The molecule has 2 amide bonds. The Kier molecular flexibility index (Phi) is 7.29. The van der Waals surface area contributed by atoms with E-state index >= 15 is 0 Å². The maximum Gasteiger partial charge on any atom is 0.309 e. The van der Waals surface area contributed by atoms with Gasteiger partial charge in [-0.25, -0.2) is 0 Å². The fourth-order valence-electron chi connectivity index (χ4n) is 2.57. The van der Waals surface area contributed by atoms with Gasteiger partial charge in [0.05, 0.1) is 6.10 Å². The van der Waals surface area contributed by atoms with Crippen LogP contribution in [0.15, 0.2) is 29.2 Å². The normalized spacial score (nSPS) is 15.6. The number of nitrogens with one attached hydrogen (secondary N) is 2. The fraction of sp³-hybridized carbons (Fsp3) is 0.529. The van der Waals surface area contributed by atoms with E-state index in [0.717, 1.165) is 24.1 Å². The molecule has 0 spiro atoms. The van der Waals surface area contributed by atoms with Crippen LogP contribution < -0.4 is 10.6 Å². The molecule has 1 unspecified atom stereocenters. The van der Waals surface area contributed by atoms with Crippen LogP contribution in [0.5, 0.6) is 0 Å². The van der Waals surface area contributed by atoms with E-state index in [-0.39, 0.29) is 6.54 Å². The van der Waals surface area contributed by atoms with Crippen LogP contribution in [0.3, 0.4) is 0 Å². The summed E-state index contributed by atoms with van der Waals surface area (Å²) in [6, 6.07) is 3.72. The lowest BCUT2D eigenvalue weighted by Gasteiger charge is -2.13. The summed E-state index contributed by atoms with van der Waals surface area (Å²) in [6.45, 7) is 0.770. The molecule has 1 heterocycles. The summed E-state index contributed by atoms with van der Waals surface area (Å²) in [5, 5.41) is 17.0. The van der Waals surface area contributed by atoms with Crippen molar-refractivity contribution < 1.29 is 14.7 Å². The summed E-state index contributed by atoms with van der Waals surface area (Å²) < 4.78 is 0. The lowest BCUT2D eigenvalue weighted by atomic mass is 9.97. The summed E-state index contributed by atoms with van der Waals surface area (Å²) in [6.07, 6.45) is 7.53. The molecule has 1 aromatic rings. The molecule has 3 N–H and O–H groups in total. The lowest BCUT2D eigenvalue weighted by Crippen LogP contribution is -2.40. The van der Waals surface area contributed by atoms with Crippen molar-refractivity contribution in [2.75, 3.05) is 13.1 Å². The molecule has 0 saturated carbocycles. The highest BCUT2D eigenvalue weighted by Gasteiger charge is 2.14. The Balaban J connectivity index is 1.59. The van der Waals surface area contributed by atoms with E-state index in [0.29, 0.717) is 13.0 Å². The van der Waals surface area contributed by atoms with Gasteiger partial charge in [0.1, 0.15) is 0 Å². The monoisotopic (exact) mass is 336 g/mol. The Labute approximate surface area is 140 Å². The molecule has 2 rings (SSSR count). The number of aliphatic hydroxyl groups is 1. The van der Waals surface area contributed by atoms with Crippen molar-refractivity contribution in [2.24, 2.45) is 0 Å². The van der Waals surface area contributed by atoms with Gasteiger partial charge in [-0.05, 0) is 50.0 Å². The highest BCUT2D eigenvalue weighted by Crippen LogP contribution is 2.21. The highest BCUT2D eigenvalue weighted by atomic mass is 32.1. The number of carbonyl (C=O) groups excluding carboxylic acids is 2. The Morgan fingerprint density at radius 3 is 2.65 bits per heavy atom. The molecule has 0 bridgehead atoms. The van der Waals surface area contributed by atoms with E-state index in [9.17, 15) is 14.7 Å². The van der Waals surface area contributed by atoms with Gasteiger partial charge in [0.2, 0.25) is 0 Å². The van der Waals surface area contributed by atoms with Crippen LogP contribution in [0.1, 0.15) is 49.5 Å². The quantitative estimate of drug-likeness (QED) is 0.528. The minimum Gasteiger partial charge on any atom is -0.388 e. The smallest absolute Gasteiger partial charge is 0.309 e.